The predicted molar refractivity (Wildman–Crippen MR) is 197 cm³/mol. The van der Waals surface area contributed by atoms with Crippen LogP contribution in [0.15, 0.2) is 5.16 Å². The van der Waals surface area contributed by atoms with Gasteiger partial charge in [-0.2, -0.15) is 0 Å². The number of nitrogens with one attached hydrogen (secondary N) is 4. The van der Waals surface area contributed by atoms with Gasteiger partial charge in [0.1, 0.15) is 38.7 Å². The molecule has 0 atom stereocenters. The van der Waals surface area contributed by atoms with Crippen LogP contribution in [-0.2, 0) is 76.1 Å². The second-order valence-corrected chi connectivity index (χ2v) is 11.1. The zero-order chi connectivity index (χ0) is 40.3. The normalized spacial score (nSPS) is 11.3. The number of oxime groups is 1. The van der Waals surface area contributed by atoms with E-state index < -0.39 is 6.10 Å². The maximum absolute atomic E-state index is 12.3. The topological polar surface area (TPSA) is 240 Å². The molecule has 0 radical (unpaired) electrons. The van der Waals surface area contributed by atoms with Crippen LogP contribution in [0.4, 0.5) is 0 Å². The number of methoxy groups -OCH3 is 2. The fourth-order valence-corrected chi connectivity index (χ4v) is 3.66. The quantitative estimate of drug-likeness (QED) is 0.0288. The molecule has 4 N–H and O–H groups in total. The molecule has 21 heteroatoms. The molecule has 4 amide bonds. The number of hydrogen-bond donors (Lipinski definition) is 4. The third-order valence-corrected chi connectivity index (χ3v) is 6.49. The highest BCUT2D eigenvalue weighted by Crippen LogP contribution is 1.98. The Bertz CT molecular complexity index is 907. The molecule has 0 aliphatic carbocycles. The van der Waals surface area contributed by atoms with Gasteiger partial charge < -0.3 is 78.2 Å². The van der Waals surface area contributed by atoms with Crippen LogP contribution in [0.2, 0.25) is 0 Å². The Morgan fingerprint density at radius 3 is 1.45 bits per heavy atom. The number of carbonyl (C=O) groups is 4. The zero-order valence-electron chi connectivity index (χ0n) is 32.8. The highest BCUT2D eigenvalue weighted by Gasteiger charge is 2.13. The van der Waals surface area contributed by atoms with Gasteiger partial charge in [-0.3, -0.25) is 19.2 Å². The summed E-state index contributed by atoms with van der Waals surface area (Å²) in [6, 6.07) is 0. The highest BCUT2D eigenvalue weighted by atomic mass is 16.6. The summed E-state index contributed by atoms with van der Waals surface area (Å²) in [5.41, 5.74) is 0. The molecule has 21 nitrogen and oxygen atoms in total. The van der Waals surface area contributed by atoms with Crippen LogP contribution in [0.5, 0.6) is 0 Å². The molecule has 322 valence electrons. The maximum atomic E-state index is 12.3. The zero-order valence-corrected chi connectivity index (χ0v) is 32.8. The minimum atomic E-state index is -0.549. The lowest BCUT2D eigenvalue weighted by Gasteiger charge is -2.18. The van der Waals surface area contributed by atoms with Gasteiger partial charge in [0.25, 0.3) is 5.91 Å². The molecule has 55 heavy (non-hydrogen) atoms. The molecular formula is C34H65N5O16. The van der Waals surface area contributed by atoms with Crippen LogP contribution in [0.3, 0.4) is 0 Å². The molecule has 0 aromatic rings. The molecule has 0 saturated carbocycles. The van der Waals surface area contributed by atoms with E-state index in [4.69, 9.17) is 56.9 Å². The van der Waals surface area contributed by atoms with E-state index >= 15 is 0 Å². The Morgan fingerprint density at radius 2 is 0.945 bits per heavy atom. The summed E-state index contributed by atoms with van der Waals surface area (Å²) in [5.74, 6) is -1.18. The first kappa shape index (κ1) is 51.9. The van der Waals surface area contributed by atoms with E-state index in [9.17, 15) is 19.2 Å². The average Bonchev–Trinajstić information content (AvgIpc) is 3.18. The summed E-state index contributed by atoms with van der Waals surface area (Å²) in [7, 11) is 4.67. The van der Waals surface area contributed by atoms with E-state index in [-0.39, 0.29) is 96.3 Å². The van der Waals surface area contributed by atoms with Gasteiger partial charge >= 0.3 is 0 Å². The first-order valence-corrected chi connectivity index (χ1v) is 18.3. The van der Waals surface area contributed by atoms with Crippen molar-refractivity contribution < 1.29 is 76.1 Å². The van der Waals surface area contributed by atoms with Crippen molar-refractivity contribution in [2.45, 2.75) is 18.9 Å². The molecule has 0 fully saturated rings. The van der Waals surface area contributed by atoms with Crippen molar-refractivity contribution in [1.29, 1.82) is 0 Å². The van der Waals surface area contributed by atoms with Crippen LogP contribution in [0.1, 0.15) is 12.8 Å². The Labute approximate surface area is 324 Å². The first-order valence-electron chi connectivity index (χ1n) is 18.3. The van der Waals surface area contributed by atoms with E-state index in [1.807, 2.05) is 0 Å². The summed E-state index contributed by atoms with van der Waals surface area (Å²) in [4.78, 5) is 52.0. The minimum absolute atomic E-state index is 0.0714. The van der Waals surface area contributed by atoms with Crippen molar-refractivity contribution in [3.8, 4) is 0 Å². The Morgan fingerprint density at radius 1 is 0.509 bits per heavy atom. The number of carbonyl (C=O) groups excluding carboxylic acids is 4. The van der Waals surface area contributed by atoms with Crippen LogP contribution in [0, 0.1) is 0 Å². The van der Waals surface area contributed by atoms with Crippen LogP contribution < -0.4 is 21.3 Å². The summed E-state index contributed by atoms with van der Waals surface area (Å²) in [5, 5.41) is 14.1. The van der Waals surface area contributed by atoms with E-state index in [0.29, 0.717) is 91.9 Å². The fourth-order valence-electron chi connectivity index (χ4n) is 3.66. The van der Waals surface area contributed by atoms with Crippen LogP contribution >= 0.6 is 0 Å². The number of unbranched alkanes of at least 4 members (excludes halogenated alkanes) is 1. The number of amides is 4. The number of hydrogen-bond acceptors (Lipinski definition) is 17. The average molecular weight is 800 g/mol. The maximum Gasteiger partial charge on any atom is 0.265 e. The summed E-state index contributed by atoms with van der Waals surface area (Å²) < 4.78 is 58.9. The summed E-state index contributed by atoms with van der Waals surface area (Å²) in [6.45, 7) is 6.22. The Kier molecular flexibility index (Phi) is 39.7. The van der Waals surface area contributed by atoms with Crippen molar-refractivity contribution in [1.82, 2.24) is 21.3 Å². The lowest BCUT2D eigenvalue weighted by molar-refractivity contribution is -0.132. The largest absolute Gasteiger partial charge is 0.396 e. The van der Waals surface area contributed by atoms with Gasteiger partial charge in [-0.25, -0.2) is 0 Å². The number of nitrogens with zero attached hydrogens (tertiary/aromatic N) is 1. The molecule has 0 rings (SSSR count). The highest BCUT2D eigenvalue weighted by molar-refractivity contribution is 6.25. The lowest BCUT2D eigenvalue weighted by Crippen LogP contribution is -2.34. The number of ether oxygens (including phenoxy) is 11. The van der Waals surface area contributed by atoms with E-state index in [2.05, 4.69) is 26.4 Å². The molecule has 0 aromatic carbocycles. The molecule has 0 unspecified atom stereocenters. The van der Waals surface area contributed by atoms with Gasteiger partial charge in [-0.15, -0.1) is 0 Å². The molecule has 0 heterocycles. The third-order valence-electron chi connectivity index (χ3n) is 6.49. The summed E-state index contributed by atoms with van der Waals surface area (Å²) in [6.07, 6.45) is 1.76. The van der Waals surface area contributed by atoms with E-state index in [1.165, 1.54) is 7.05 Å². The van der Waals surface area contributed by atoms with E-state index in [1.54, 1.807) is 14.2 Å². The molecule has 0 saturated heterocycles. The fraction of sp³-hybridized carbons (Fsp3) is 0.853. The summed E-state index contributed by atoms with van der Waals surface area (Å²) >= 11 is 0. The lowest BCUT2D eigenvalue weighted by atomic mass is 10.3. The SMILES string of the molecule is CNC(=O)/C=N/OCCCCNC(=O)COC(COCCOCCNC(=O)COCCOCCOC)COCCOCCNC(=O)COCCOCCOC. The second kappa shape index (κ2) is 42.1. The minimum Gasteiger partial charge on any atom is -0.396 e. The molecule has 0 aliphatic heterocycles. The van der Waals surface area contributed by atoms with Crippen LogP contribution in [-0.4, -0.2) is 209 Å². The van der Waals surface area contributed by atoms with E-state index in [0.717, 1.165) is 6.21 Å². The smallest absolute Gasteiger partial charge is 0.265 e. The van der Waals surface area contributed by atoms with Gasteiger partial charge in [-0.1, -0.05) is 5.16 Å². The molecular weight excluding hydrogens is 734 g/mol. The first-order chi connectivity index (χ1) is 26.9. The van der Waals surface area contributed by atoms with Gasteiger partial charge in [0.05, 0.1) is 106 Å². The van der Waals surface area contributed by atoms with Gasteiger partial charge in [-0.05, 0) is 12.8 Å². The predicted octanol–water partition coefficient (Wildman–Crippen LogP) is -2.33. The van der Waals surface area contributed by atoms with Crippen LogP contribution in [0.25, 0.3) is 0 Å². The second-order valence-electron chi connectivity index (χ2n) is 11.1. The van der Waals surface area contributed by atoms with Crippen molar-refractivity contribution in [3.05, 3.63) is 0 Å². The number of rotatable bonds is 42. The van der Waals surface area contributed by atoms with Gasteiger partial charge in [0, 0.05) is 40.9 Å². The van der Waals surface area contributed by atoms with Crippen molar-refractivity contribution in [3.63, 3.8) is 0 Å². The monoisotopic (exact) mass is 799 g/mol. The Hall–Kier alpha value is -3.09. The van der Waals surface area contributed by atoms with Crippen molar-refractivity contribution >= 4 is 29.8 Å². The van der Waals surface area contributed by atoms with Crippen molar-refractivity contribution in [2.24, 2.45) is 5.16 Å². The molecule has 0 spiro atoms. The van der Waals surface area contributed by atoms with Gasteiger partial charge in [0.15, 0.2) is 0 Å². The standard InChI is InChI=1S/C34H65N5O16/c1-35-31(40)24-39-55-9-5-4-6-36-34(43)29-54-30(25-50-20-16-46-10-7-37-32(41)27-52-22-18-48-14-12-44-2)26-51-21-17-47-11-8-38-33(42)28-53-23-19-49-15-13-45-3/h24,30H,4-23,25-29H2,1-3H3,(H,35,40)(H,36,43)(H,37,41)(H,38,42)/b39-24+. The molecule has 0 aromatic heterocycles. The Balaban J connectivity index is 4.24. The van der Waals surface area contributed by atoms with Crippen molar-refractivity contribution in [2.75, 3.05) is 173 Å². The third kappa shape index (κ3) is 40.4. The molecule has 0 bridgehead atoms. The molecule has 0 aliphatic rings. The van der Waals surface area contributed by atoms with Gasteiger partial charge in [0.2, 0.25) is 17.7 Å².